The van der Waals surface area contributed by atoms with Gasteiger partial charge in [0.2, 0.25) is 0 Å². The number of nitrogens with two attached hydrogens (primary N) is 1. The van der Waals surface area contributed by atoms with Crippen LogP contribution in [0.15, 0.2) is 6.07 Å². The number of nitrogens with one attached hydrogen (secondary N) is 1. The van der Waals surface area contributed by atoms with Crippen LogP contribution >= 0.6 is 0 Å². The van der Waals surface area contributed by atoms with E-state index in [1.807, 2.05) is 13.0 Å². The molecular weight excluding hydrogens is 212 g/mol. The first-order valence-corrected chi connectivity index (χ1v) is 6.47. The van der Waals surface area contributed by atoms with Crippen LogP contribution in [0.5, 0.6) is 0 Å². The van der Waals surface area contributed by atoms with Gasteiger partial charge in [0.05, 0.1) is 0 Å². The van der Waals surface area contributed by atoms with Gasteiger partial charge in [-0.2, -0.15) is 0 Å². The van der Waals surface area contributed by atoms with E-state index in [1.54, 1.807) is 0 Å². The Balaban J connectivity index is 2.06. The third kappa shape index (κ3) is 2.68. The highest BCUT2D eigenvalue weighted by molar-refractivity contribution is 5.45. The molecule has 1 aromatic heterocycles. The van der Waals surface area contributed by atoms with Crippen LogP contribution in [-0.2, 0) is 0 Å². The van der Waals surface area contributed by atoms with Crippen molar-refractivity contribution in [2.45, 2.75) is 46.1 Å². The van der Waals surface area contributed by atoms with Crippen LogP contribution < -0.4 is 11.1 Å². The Bertz CT molecular complexity index is 371. The van der Waals surface area contributed by atoms with E-state index in [-0.39, 0.29) is 0 Å². The van der Waals surface area contributed by atoms with Crippen molar-refractivity contribution in [2.24, 2.45) is 11.8 Å². The van der Waals surface area contributed by atoms with Gasteiger partial charge in [-0.25, -0.2) is 9.97 Å². The number of rotatable bonds is 3. The normalized spacial score (nSPS) is 28.3. The van der Waals surface area contributed by atoms with Gasteiger partial charge in [0.15, 0.2) is 0 Å². The van der Waals surface area contributed by atoms with E-state index in [4.69, 9.17) is 5.73 Å². The Morgan fingerprint density at radius 1 is 1.41 bits per heavy atom. The van der Waals surface area contributed by atoms with Crippen LogP contribution in [0.25, 0.3) is 0 Å². The first-order valence-electron chi connectivity index (χ1n) is 6.47. The predicted octanol–water partition coefficient (Wildman–Crippen LogP) is 2.60. The molecule has 17 heavy (non-hydrogen) atoms. The number of nitrogens with zero attached hydrogens (tertiary/aromatic N) is 2. The number of hydrogen-bond donors (Lipinski definition) is 2. The maximum atomic E-state index is 5.73. The molecular formula is C13H22N4. The van der Waals surface area contributed by atoms with Gasteiger partial charge < -0.3 is 11.1 Å². The van der Waals surface area contributed by atoms with E-state index >= 15 is 0 Å². The molecule has 0 radical (unpaired) electrons. The summed E-state index contributed by atoms with van der Waals surface area (Å²) < 4.78 is 0. The number of aromatic nitrogens is 2. The lowest BCUT2D eigenvalue weighted by molar-refractivity contribution is 0.391. The van der Waals surface area contributed by atoms with Gasteiger partial charge in [0.1, 0.15) is 17.5 Å². The Hall–Kier alpha value is -1.32. The van der Waals surface area contributed by atoms with Crippen molar-refractivity contribution in [1.82, 2.24) is 9.97 Å². The van der Waals surface area contributed by atoms with Crippen molar-refractivity contribution in [2.75, 3.05) is 11.1 Å². The van der Waals surface area contributed by atoms with E-state index < -0.39 is 0 Å². The topological polar surface area (TPSA) is 63.8 Å². The molecule has 1 aliphatic carbocycles. The SMILES string of the molecule is CCC1CCC(Nc2cc(N)nc(C)n2)C1C. The number of nitrogen functional groups attached to an aromatic ring is 1. The van der Waals surface area contributed by atoms with Crippen molar-refractivity contribution in [1.29, 1.82) is 0 Å². The molecule has 1 saturated carbocycles. The highest BCUT2D eigenvalue weighted by Gasteiger charge is 2.31. The van der Waals surface area contributed by atoms with Gasteiger partial charge in [0.25, 0.3) is 0 Å². The second kappa shape index (κ2) is 4.90. The summed E-state index contributed by atoms with van der Waals surface area (Å²) in [7, 11) is 0. The zero-order valence-electron chi connectivity index (χ0n) is 10.9. The summed E-state index contributed by atoms with van der Waals surface area (Å²) in [5.41, 5.74) is 5.73. The predicted molar refractivity (Wildman–Crippen MR) is 70.8 cm³/mol. The third-order valence-corrected chi connectivity index (χ3v) is 3.94. The molecule has 2 rings (SSSR count). The summed E-state index contributed by atoms with van der Waals surface area (Å²) in [4.78, 5) is 8.47. The molecule has 4 nitrogen and oxygen atoms in total. The summed E-state index contributed by atoms with van der Waals surface area (Å²) in [5.74, 6) is 3.68. The maximum Gasteiger partial charge on any atom is 0.132 e. The maximum absolute atomic E-state index is 5.73. The van der Waals surface area contributed by atoms with E-state index in [0.29, 0.717) is 17.8 Å². The Morgan fingerprint density at radius 2 is 2.18 bits per heavy atom. The van der Waals surface area contributed by atoms with Gasteiger partial charge in [-0.1, -0.05) is 20.3 Å². The van der Waals surface area contributed by atoms with Gasteiger partial charge >= 0.3 is 0 Å². The molecule has 4 heteroatoms. The van der Waals surface area contributed by atoms with Crippen LogP contribution in [0.3, 0.4) is 0 Å². The van der Waals surface area contributed by atoms with E-state index in [2.05, 4.69) is 29.1 Å². The monoisotopic (exact) mass is 234 g/mol. The van der Waals surface area contributed by atoms with Crippen LogP contribution in [0.4, 0.5) is 11.6 Å². The molecule has 3 unspecified atom stereocenters. The molecule has 3 atom stereocenters. The quantitative estimate of drug-likeness (QED) is 0.843. The van der Waals surface area contributed by atoms with E-state index in [9.17, 15) is 0 Å². The zero-order chi connectivity index (χ0) is 12.4. The molecule has 0 aliphatic heterocycles. The van der Waals surface area contributed by atoms with Crippen molar-refractivity contribution >= 4 is 11.6 Å². The molecule has 1 aromatic rings. The fourth-order valence-electron chi connectivity index (χ4n) is 2.88. The van der Waals surface area contributed by atoms with E-state index in [0.717, 1.165) is 17.6 Å². The molecule has 1 fully saturated rings. The van der Waals surface area contributed by atoms with Crippen LogP contribution in [0.1, 0.15) is 38.9 Å². The van der Waals surface area contributed by atoms with Crippen molar-refractivity contribution in [3.63, 3.8) is 0 Å². The summed E-state index contributed by atoms with van der Waals surface area (Å²) in [5, 5.41) is 3.51. The summed E-state index contributed by atoms with van der Waals surface area (Å²) >= 11 is 0. The number of anilines is 2. The lowest BCUT2D eigenvalue weighted by Crippen LogP contribution is -2.25. The van der Waals surface area contributed by atoms with Crippen LogP contribution in [0, 0.1) is 18.8 Å². The van der Waals surface area contributed by atoms with E-state index in [1.165, 1.54) is 19.3 Å². The van der Waals surface area contributed by atoms with Crippen molar-refractivity contribution in [3.8, 4) is 0 Å². The molecule has 0 amide bonds. The molecule has 0 bridgehead atoms. The Labute approximate surface area is 103 Å². The Kier molecular flexibility index (Phi) is 3.50. The van der Waals surface area contributed by atoms with Gasteiger partial charge in [-0.15, -0.1) is 0 Å². The molecule has 0 spiro atoms. The largest absolute Gasteiger partial charge is 0.384 e. The molecule has 0 aromatic carbocycles. The van der Waals surface area contributed by atoms with Crippen molar-refractivity contribution < 1.29 is 0 Å². The summed E-state index contributed by atoms with van der Waals surface area (Å²) in [6.07, 6.45) is 3.81. The molecule has 1 aliphatic rings. The first kappa shape index (κ1) is 12.1. The van der Waals surface area contributed by atoms with Gasteiger partial charge in [0, 0.05) is 12.1 Å². The summed E-state index contributed by atoms with van der Waals surface area (Å²) in [6, 6.07) is 2.34. The highest BCUT2D eigenvalue weighted by atomic mass is 15.1. The fraction of sp³-hybridized carbons (Fsp3) is 0.692. The fourth-order valence-corrected chi connectivity index (χ4v) is 2.88. The minimum atomic E-state index is 0.522. The van der Waals surface area contributed by atoms with Crippen LogP contribution in [-0.4, -0.2) is 16.0 Å². The molecule has 94 valence electrons. The lowest BCUT2D eigenvalue weighted by atomic mass is 9.93. The van der Waals surface area contributed by atoms with Gasteiger partial charge in [-0.3, -0.25) is 0 Å². The second-order valence-electron chi connectivity index (χ2n) is 5.08. The number of hydrogen-bond acceptors (Lipinski definition) is 4. The molecule has 3 N–H and O–H groups in total. The van der Waals surface area contributed by atoms with Crippen LogP contribution in [0.2, 0.25) is 0 Å². The summed E-state index contributed by atoms with van der Waals surface area (Å²) in [6.45, 7) is 6.47. The lowest BCUT2D eigenvalue weighted by Gasteiger charge is -2.21. The first-order chi connectivity index (χ1) is 8.10. The molecule has 1 heterocycles. The third-order valence-electron chi connectivity index (χ3n) is 3.94. The minimum Gasteiger partial charge on any atom is -0.384 e. The average molecular weight is 234 g/mol. The minimum absolute atomic E-state index is 0.522. The molecule has 0 saturated heterocycles. The smallest absolute Gasteiger partial charge is 0.132 e. The van der Waals surface area contributed by atoms with Crippen molar-refractivity contribution in [3.05, 3.63) is 11.9 Å². The average Bonchev–Trinajstić information content (AvgIpc) is 2.58. The second-order valence-corrected chi connectivity index (χ2v) is 5.08. The van der Waals surface area contributed by atoms with Gasteiger partial charge in [-0.05, 0) is 31.6 Å². The highest BCUT2D eigenvalue weighted by Crippen LogP contribution is 2.35. The standard InChI is InChI=1S/C13H22N4/c1-4-10-5-6-11(8(10)2)17-13-7-12(14)15-9(3)16-13/h7-8,10-11H,4-6H2,1-3H3,(H3,14,15,16,17). The number of aryl methyl sites for hydroxylation is 1. The Morgan fingerprint density at radius 3 is 2.76 bits per heavy atom. The zero-order valence-corrected chi connectivity index (χ0v) is 10.9.